The van der Waals surface area contributed by atoms with E-state index < -0.39 is 10.0 Å². The number of carbonyl (C=O) groups excluding carboxylic acids is 1. The molecule has 1 saturated heterocycles. The van der Waals surface area contributed by atoms with Gasteiger partial charge in [-0.2, -0.15) is 5.26 Å². The Bertz CT molecular complexity index is 1100. The van der Waals surface area contributed by atoms with E-state index in [9.17, 15) is 18.5 Å². The Morgan fingerprint density at radius 3 is 2.67 bits per heavy atom. The quantitative estimate of drug-likeness (QED) is 0.712. The van der Waals surface area contributed by atoms with Crippen molar-refractivity contribution in [3.8, 4) is 6.07 Å². The van der Waals surface area contributed by atoms with Crippen molar-refractivity contribution in [1.29, 1.82) is 5.26 Å². The Labute approximate surface area is 181 Å². The molecule has 0 radical (unpaired) electrons. The van der Waals surface area contributed by atoms with Crippen molar-refractivity contribution < 1.29 is 13.2 Å². The Kier molecular flexibility index (Phi) is 6.61. The number of halogens is 1. The number of hydrogen-bond donors (Lipinski definition) is 0. The van der Waals surface area contributed by atoms with Gasteiger partial charge >= 0.3 is 0 Å². The second-order valence-electron chi connectivity index (χ2n) is 7.05. The summed E-state index contributed by atoms with van der Waals surface area (Å²) in [5.41, 5.74) is 0.644. The summed E-state index contributed by atoms with van der Waals surface area (Å²) in [7, 11) is -0.818. The lowest BCUT2D eigenvalue weighted by atomic mass is 10.2. The Hall–Kier alpha value is -2.67. The van der Waals surface area contributed by atoms with Gasteiger partial charge < -0.3 is 9.80 Å². The van der Waals surface area contributed by atoms with E-state index in [1.165, 1.54) is 32.3 Å². The number of sulfonamides is 1. The molecule has 1 fully saturated rings. The molecule has 1 aromatic heterocycles. The maximum atomic E-state index is 13.1. The molecule has 0 unspecified atom stereocenters. The number of carbonyl (C=O) groups is 1. The van der Waals surface area contributed by atoms with Crippen LogP contribution in [0.25, 0.3) is 0 Å². The monoisotopic (exact) mass is 447 g/mol. The predicted molar refractivity (Wildman–Crippen MR) is 114 cm³/mol. The van der Waals surface area contributed by atoms with Gasteiger partial charge in [-0.1, -0.05) is 11.6 Å². The third kappa shape index (κ3) is 4.41. The van der Waals surface area contributed by atoms with Crippen LogP contribution < -0.4 is 4.90 Å². The molecule has 8 nitrogen and oxygen atoms in total. The second-order valence-corrected chi connectivity index (χ2v) is 9.61. The molecule has 0 saturated carbocycles. The van der Waals surface area contributed by atoms with Gasteiger partial charge in [0.15, 0.2) is 0 Å². The first kappa shape index (κ1) is 22.0. The number of aromatic nitrogens is 1. The number of nitriles is 1. The van der Waals surface area contributed by atoms with E-state index in [-0.39, 0.29) is 21.4 Å². The molecule has 0 aliphatic carbocycles. The standard InChI is InChI=1S/C20H22ClN5O3S/c1-24(2)30(28,29)16-6-7-18(21)17(13-16)20(27)26-10-4-9-25(11-12-26)19-15(14-22)5-3-8-23-19/h3,5-8,13H,4,9-12H2,1-2H3. The van der Waals surface area contributed by atoms with E-state index in [0.29, 0.717) is 44.0 Å². The van der Waals surface area contributed by atoms with Crippen LogP contribution in [0.2, 0.25) is 5.02 Å². The van der Waals surface area contributed by atoms with E-state index in [1.54, 1.807) is 23.2 Å². The minimum Gasteiger partial charge on any atom is -0.354 e. The summed E-state index contributed by atoms with van der Waals surface area (Å²) in [6.07, 6.45) is 2.32. The van der Waals surface area contributed by atoms with Crippen LogP contribution in [-0.2, 0) is 10.0 Å². The van der Waals surface area contributed by atoms with Crippen molar-refractivity contribution in [2.75, 3.05) is 45.2 Å². The van der Waals surface area contributed by atoms with Gasteiger partial charge in [0, 0.05) is 46.5 Å². The summed E-state index contributed by atoms with van der Waals surface area (Å²) in [6.45, 7) is 2.05. The third-order valence-corrected chi connectivity index (χ3v) is 7.08. The van der Waals surface area contributed by atoms with Crippen LogP contribution >= 0.6 is 11.6 Å². The van der Waals surface area contributed by atoms with Gasteiger partial charge in [0.2, 0.25) is 10.0 Å². The van der Waals surface area contributed by atoms with Gasteiger partial charge in [0.25, 0.3) is 5.91 Å². The SMILES string of the molecule is CN(C)S(=O)(=O)c1ccc(Cl)c(C(=O)N2CCCN(c3ncccc3C#N)CC2)c1. The molecule has 0 atom stereocenters. The topological polar surface area (TPSA) is 97.6 Å². The highest BCUT2D eigenvalue weighted by Crippen LogP contribution is 2.25. The van der Waals surface area contributed by atoms with E-state index in [0.717, 1.165) is 4.31 Å². The fourth-order valence-corrected chi connectivity index (χ4v) is 4.41. The number of benzene rings is 1. The normalized spacial score (nSPS) is 15.0. The maximum absolute atomic E-state index is 13.1. The van der Waals surface area contributed by atoms with Gasteiger partial charge in [0.05, 0.1) is 21.0 Å². The first-order chi connectivity index (χ1) is 14.3. The lowest BCUT2D eigenvalue weighted by molar-refractivity contribution is 0.0767. The van der Waals surface area contributed by atoms with Crippen LogP contribution in [0.1, 0.15) is 22.3 Å². The first-order valence-electron chi connectivity index (χ1n) is 9.37. The number of amides is 1. The molecule has 30 heavy (non-hydrogen) atoms. The molecule has 1 aromatic carbocycles. The Morgan fingerprint density at radius 2 is 1.97 bits per heavy atom. The lowest BCUT2D eigenvalue weighted by Gasteiger charge is -2.24. The highest BCUT2D eigenvalue weighted by atomic mass is 35.5. The average Bonchev–Trinajstić information content (AvgIpc) is 2.99. The molecule has 1 aliphatic rings. The molecular formula is C20H22ClN5O3S. The van der Waals surface area contributed by atoms with Crippen molar-refractivity contribution >= 4 is 33.3 Å². The van der Waals surface area contributed by atoms with Crippen LogP contribution in [0.4, 0.5) is 5.82 Å². The van der Waals surface area contributed by atoms with Crippen molar-refractivity contribution in [1.82, 2.24) is 14.2 Å². The zero-order chi connectivity index (χ0) is 21.9. The summed E-state index contributed by atoms with van der Waals surface area (Å²) in [6, 6.07) is 9.73. The van der Waals surface area contributed by atoms with E-state index in [1.807, 2.05) is 4.90 Å². The van der Waals surface area contributed by atoms with Gasteiger partial charge in [0.1, 0.15) is 11.9 Å². The van der Waals surface area contributed by atoms with Crippen LogP contribution in [0, 0.1) is 11.3 Å². The third-order valence-electron chi connectivity index (χ3n) is 4.94. The van der Waals surface area contributed by atoms with Crippen molar-refractivity contribution in [2.45, 2.75) is 11.3 Å². The largest absolute Gasteiger partial charge is 0.354 e. The Balaban J connectivity index is 1.83. The van der Waals surface area contributed by atoms with Crippen molar-refractivity contribution in [3.05, 3.63) is 52.7 Å². The number of anilines is 1. The van der Waals surface area contributed by atoms with E-state index in [4.69, 9.17) is 11.6 Å². The molecular weight excluding hydrogens is 426 g/mol. The molecule has 0 spiro atoms. The van der Waals surface area contributed by atoms with Gasteiger partial charge in [-0.3, -0.25) is 4.79 Å². The maximum Gasteiger partial charge on any atom is 0.255 e. The summed E-state index contributed by atoms with van der Waals surface area (Å²) in [5, 5.41) is 9.53. The predicted octanol–water partition coefficient (Wildman–Crippen LogP) is 2.21. The summed E-state index contributed by atoms with van der Waals surface area (Å²) in [5.74, 6) is 0.283. The number of rotatable bonds is 4. The highest BCUT2D eigenvalue weighted by molar-refractivity contribution is 7.89. The van der Waals surface area contributed by atoms with Crippen LogP contribution in [0.3, 0.4) is 0 Å². The number of pyridine rings is 1. The molecule has 3 rings (SSSR count). The van der Waals surface area contributed by atoms with Crippen LogP contribution in [0.5, 0.6) is 0 Å². The summed E-state index contributed by atoms with van der Waals surface area (Å²) in [4.78, 5) is 21.1. The van der Waals surface area contributed by atoms with Gasteiger partial charge in [-0.05, 0) is 36.8 Å². The molecule has 158 valence electrons. The zero-order valence-electron chi connectivity index (χ0n) is 16.7. The summed E-state index contributed by atoms with van der Waals surface area (Å²) >= 11 is 6.23. The zero-order valence-corrected chi connectivity index (χ0v) is 18.3. The van der Waals surface area contributed by atoms with Gasteiger partial charge in [-0.15, -0.1) is 0 Å². The smallest absolute Gasteiger partial charge is 0.255 e. The summed E-state index contributed by atoms with van der Waals surface area (Å²) < 4.78 is 25.9. The van der Waals surface area contributed by atoms with Crippen molar-refractivity contribution in [2.24, 2.45) is 0 Å². The minimum absolute atomic E-state index is 0.0175. The average molecular weight is 448 g/mol. The molecule has 0 N–H and O–H groups in total. The molecule has 0 bridgehead atoms. The Morgan fingerprint density at radius 1 is 1.20 bits per heavy atom. The van der Waals surface area contributed by atoms with Crippen LogP contribution in [-0.4, -0.2) is 68.8 Å². The minimum atomic E-state index is -3.68. The van der Waals surface area contributed by atoms with E-state index in [2.05, 4.69) is 11.1 Å². The molecule has 1 amide bonds. The van der Waals surface area contributed by atoms with Gasteiger partial charge in [-0.25, -0.2) is 17.7 Å². The fraction of sp³-hybridized carbons (Fsp3) is 0.350. The number of hydrogen-bond acceptors (Lipinski definition) is 6. The molecule has 1 aliphatic heterocycles. The molecule has 2 aromatic rings. The lowest BCUT2D eigenvalue weighted by Crippen LogP contribution is -2.36. The molecule has 2 heterocycles. The molecule has 10 heteroatoms. The second kappa shape index (κ2) is 9.00. The van der Waals surface area contributed by atoms with E-state index >= 15 is 0 Å². The first-order valence-corrected chi connectivity index (χ1v) is 11.2. The highest BCUT2D eigenvalue weighted by Gasteiger charge is 2.26. The number of nitrogens with zero attached hydrogens (tertiary/aromatic N) is 5. The van der Waals surface area contributed by atoms with Crippen molar-refractivity contribution in [3.63, 3.8) is 0 Å². The fourth-order valence-electron chi connectivity index (χ4n) is 3.28. The van der Waals surface area contributed by atoms with Crippen LogP contribution in [0.15, 0.2) is 41.4 Å².